The molecule has 2 aliphatic rings. The molecule has 0 unspecified atom stereocenters. The van der Waals surface area contributed by atoms with Crippen molar-refractivity contribution < 1.29 is 9.59 Å². The van der Waals surface area contributed by atoms with Crippen LogP contribution in [0.4, 0.5) is 11.4 Å². The first-order valence-corrected chi connectivity index (χ1v) is 14.1. The number of fused-ring (bicyclic) bond motifs is 2. The van der Waals surface area contributed by atoms with Gasteiger partial charge in [-0.25, -0.2) is 0 Å². The van der Waals surface area contributed by atoms with E-state index in [-0.39, 0.29) is 11.8 Å². The number of aryl methyl sites for hydroxylation is 4. The minimum atomic E-state index is -0.0244. The molecular weight excluding hydrogens is 564 g/mol. The molecule has 0 atom stereocenters. The third-order valence-electron chi connectivity index (χ3n) is 4.91. The second-order valence-electron chi connectivity index (χ2n) is 7.15. The first-order chi connectivity index (χ1) is 13.9. The van der Waals surface area contributed by atoms with E-state index in [4.69, 9.17) is 0 Å². The van der Waals surface area contributed by atoms with Crippen LogP contribution in [0.15, 0.2) is 34.8 Å². The number of carbonyl (C=O) groups is 2. The van der Waals surface area contributed by atoms with Crippen molar-refractivity contribution in [2.75, 3.05) is 10.6 Å². The molecule has 0 saturated heterocycles. The van der Waals surface area contributed by atoms with Gasteiger partial charge in [0.1, 0.15) is 0 Å². The molecule has 0 heterocycles. The molecule has 0 radical (unpaired) electrons. The zero-order valence-electron chi connectivity index (χ0n) is 16.6. The molecule has 2 amide bonds. The number of amides is 2. The summed E-state index contributed by atoms with van der Waals surface area (Å²) in [5.41, 5.74) is 7.43. The van der Waals surface area contributed by atoms with Crippen LogP contribution >= 0.6 is 44.2 Å². The van der Waals surface area contributed by atoms with Crippen LogP contribution < -0.4 is 10.6 Å². The number of anilines is 2. The summed E-state index contributed by atoms with van der Waals surface area (Å²) in [6, 6.07) is 10.4. The third kappa shape index (κ3) is 7.23. The Morgan fingerprint density at radius 2 is 1.28 bits per heavy atom. The van der Waals surface area contributed by atoms with Crippen LogP contribution in [0.5, 0.6) is 0 Å². The lowest BCUT2D eigenvalue weighted by molar-refractivity contribution is -0.115. The third-order valence-corrected chi connectivity index (χ3v) is 5.57. The maximum absolute atomic E-state index is 10.9. The maximum Gasteiger partial charge on any atom is 0.221 e. The van der Waals surface area contributed by atoms with Crippen LogP contribution in [0.2, 0.25) is 0 Å². The van der Waals surface area contributed by atoms with Gasteiger partial charge in [0.25, 0.3) is 0 Å². The molecule has 0 aromatic heterocycles. The van der Waals surface area contributed by atoms with Gasteiger partial charge in [-0.15, -0.1) is 0 Å². The summed E-state index contributed by atoms with van der Waals surface area (Å²) < 4.78 is 0.980. The largest absolute Gasteiger partial charge is 0.326 e. The zero-order valence-corrected chi connectivity index (χ0v) is 21.3. The minimum Gasteiger partial charge on any atom is -0.326 e. The Labute approximate surface area is 196 Å². The molecule has 4 nitrogen and oxygen atoms in total. The fourth-order valence-electron chi connectivity index (χ4n) is 3.73. The van der Waals surface area contributed by atoms with Crippen molar-refractivity contribution in [2.45, 2.75) is 52.4 Å². The van der Waals surface area contributed by atoms with Gasteiger partial charge in [0.2, 0.25) is 11.8 Å². The van der Waals surface area contributed by atoms with Crippen molar-refractivity contribution in [3.05, 3.63) is 57.1 Å². The topological polar surface area (TPSA) is 58.2 Å². The molecule has 4 rings (SSSR count). The molecule has 0 saturated carbocycles. The summed E-state index contributed by atoms with van der Waals surface area (Å²) in [4.78, 5) is 21.7. The molecule has 0 aliphatic heterocycles. The standard InChI is InChI=1S/C11H12BrNO.C11H13NO.Br2/c1-7(14)13-11-6-9-4-2-3-8(9)5-10(11)12;1-8(13)12-11-6-5-9-3-2-4-10(9)7-11;1-2/h5-6H,2-4H2,1H3,(H,13,14);5-7H,2-4H2,1H3,(H,12,13);. The quantitative estimate of drug-likeness (QED) is 0.409. The summed E-state index contributed by atoms with van der Waals surface area (Å²) in [5.74, 6) is -0.0263. The zero-order chi connectivity index (χ0) is 21.4. The Balaban J connectivity index is 0.000000191. The second kappa shape index (κ2) is 11.9. The molecule has 29 heavy (non-hydrogen) atoms. The second-order valence-corrected chi connectivity index (χ2v) is 8.01. The lowest BCUT2D eigenvalue weighted by Crippen LogP contribution is -2.06. The molecule has 0 fully saturated rings. The molecule has 0 bridgehead atoms. The highest BCUT2D eigenvalue weighted by Gasteiger charge is 2.14. The fourth-order valence-corrected chi connectivity index (χ4v) is 4.22. The molecule has 156 valence electrons. The number of carbonyl (C=O) groups excluding carboxylic acids is 2. The lowest BCUT2D eigenvalue weighted by atomic mass is 10.1. The Bertz CT molecular complexity index is 885. The number of halogens is 3. The number of hydrogen-bond acceptors (Lipinski definition) is 2. The first-order valence-electron chi connectivity index (χ1n) is 9.55. The Morgan fingerprint density at radius 1 is 0.759 bits per heavy atom. The van der Waals surface area contributed by atoms with E-state index in [9.17, 15) is 9.59 Å². The SMILES string of the molecule is BrBr.CC(=O)Nc1cc2c(cc1Br)CCC2.CC(=O)Nc1ccc2c(c1)CCC2. The van der Waals surface area contributed by atoms with Gasteiger partial charge in [0, 0.05) is 52.3 Å². The van der Waals surface area contributed by atoms with Gasteiger partial charge >= 0.3 is 0 Å². The van der Waals surface area contributed by atoms with Gasteiger partial charge in [-0.2, -0.15) is 0 Å². The molecule has 2 aromatic rings. The smallest absolute Gasteiger partial charge is 0.221 e. The average molecular weight is 589 g/mol. The van der Waals surface area contributed by atoms with E-state index in [0.717, 1.165) is 35.1 Å². The van der Waals surface area contributed by atoms with Crippen LogP contribution in [-0.4, -0.2) is 11.8 Å². The van der Waals surface area contributed by atoms with Crippen molar-refractivity contribution in [1.29, 1.82) is 0 Å². The van der Waals surface area contributed by atoms with E-state index in [1.54, 1.807) is 0 Å². The maximum atomic E-state index is 10.9. The van der Waals surface area contributed by atoms with Crippen LogP contribution in [-0.2, 0) is 35.3 Å². The highest BCUT2D eigenvalue weighted by molar-refractivity contribution is 9.93. The number of nitrogens with one attached hydrogen (secondary N) is 2. The predicted molar refractivity (Wildman–Crippen MR) is 131 cm³/mol. The predicted octanol–water partition coefficient (Wildman–Crippen LogP) is 6.72. The highest BCUT2D eigenvalue weighted by atomic mass is 80.9. The average Bonchev–Trinajstić information content (AvgIpc) is 3.32. The van der Waals surface area contributed by atoms with Gasteiger partial charge in [-0.05, 0) is 101 Å². The summed E-state index contributed by atoms with van der Waals surface area (Å²) in [6.07, 6.45) is 7.12. The molecule has 2 aliphatic carbocycles. The summed E-state index contributed by atoms with van der Waals surface area (Å²) >= 11 is 8.96. The monoisotopic (exact) mass is 586 g/mol. The Kier molecular flexibility index (Phi) is 9.86. The highest BCUT2D eigenvalue weighted by Crippen LogP contribution is 2.31. The summed E-state index contributed by atoms with van der Waals surface area (Å²) in [7, 11) is 0. The van der Waals surface area contributed by atoms with Crippen molar-refractivity contribution in [2.24, 2.45) is 0 Å². The summed E-state index contributed by atoms with van der Waals surface area (Å²) in [6.45, 7) is 3.06. The van der Waals surface area contributed by atoms with E-state index < -0.39 is 0 Å². The van der Waals surface area contributed by atoms with Crippen molar-refractivity contribution >= 4 is 67.4 Å². The van der Waals surface area contributed by atoms with Crippen molar-refractivity contribution in [3.8, 4) is 0 Å². The van der Waals surface area contributed by atoms with Crippen molar-refractivity contribution in [1.82, 2.24) is 0 Å². The fraction of sp³-hybridized carbons (Fsp3) is 0.364. The van der Waals surface area contributed by atoms with E-state index in [2.05, 4.69) is 79.1 Å². The van der Waals surface area contributed by atoms with Gasteiger partial charge in [0.15, 0.2) is 0 Å². The number of rotatable bonds is 2. The molecular formula is C22H25Br3N2O2. The van der Waals surface area contributed by atoms with E-state index in [1.807, 2.05) is 6.07 Å². The van der Waals surface area contributed by atoms with Crippen LogP contribution in [0.25, 0.3) is 0 Å². The van der Waals surface area contributed by atoms with Crippen LogP contribution in [0.3, 0.4) is 0 Å². The van der Waals surface area contributed by atoms with Gasteiger partial charge < -0.3 is 10.6 Å². The van der Waals surface area contributed by atoms with Crippen molar-refractivity contribution in [3.63, 3.8) is 0 Å². The van der Waals surface area contributed by atoms with Gasteiger partial charge in [0.05, 0.1) is 5.69 Å². The molecule has 2 aromatic carbocycles. The van der Waals surface area contributed by atoms with E-state index in [0.29, 0.717) is 0 Å². The van der Waals surface area contributed by atoms with Crippen LogP contribution in [0, 0.1) is 0 Å². The number of hydrogen-bond donors (Lipinski definition) is 2. The molecule has 2 N–H and O–H groups in total. The summed E-state index contributed by atoms with van der Waals surface area (Å²) in [5, 5.41) is 5.61. The number of benzene rings is 2. The lowest BCUT2D eigenvalue weighted by Gasteiger charge is -2.08. The first kappa shape index (κ1) is 24.1. The van der Waals surface area contributed by atoms with Gasteiger partial charge in [-0.3, -0.25) is 9.59 Å². The van der Waals surface area contributed by atoms with Gasteiger partial charge in [-0.1, -0.05) is 6.07 Å². The van der Waals surface area contributed by atoms with E-state index in [1.165, 1.54) is 55.4 Å². The Morgan fingerprint density at radius 3 is 1.86 bits per heavy atom. The Hall–Kier alpha value is -1.18. The van der Waals surface area contributed by atoms with Crippen LogP contribution in [0.1, 0.15) is 48.9 Å². The molecule has 7 heteroatoms. The van der Waals surface area contributed by atoms with E-state index >= 15 is 0 Å². The molecule has 0 spiro atoms. The normalized spacial score (nSPS) is 13.1. The minimum absolute atomic E-state index is 0.00190.